The highest BCUT2D eigenvalue weighted by Crippen LogP contribution is 2.35. The fourth-order valence-electron chi connectivity index (χ4n) is 2.52. The maximum atomic E-state index is 5.85. The molecule has 0 radical (unpaired) electrons. The minimum Gasteiger partial charge on any atom is -0.328 e. The minimum absolute atomic E-state index is 0.211. The first-order chi connectivity index (χ1) is 8.24. The number of nitrogens with two attached hydrogens (primary N) is 1. The molecular formula is C14H19N3. The quantitative estimate of drug-likeness (QED) is 0.878. The normalized spacial score (nSPS) is 18.2. The summed E-state index contributed by atoms with van der Waals surface area (Å²) in [4.78, 5) is 4.57. The van der Waals surface area contributed by atoms with E-state index in [4.69, 9.17) is 5.73 Å². The van der Waals surface area contributed by atoms with Crippen molar-refractivity contribution < 1.29 is 0 Å². The summed E-state index contributed by atoms with van der Waals surface area (Å²) >= 11 is 0. The Morgan fingerprint density at radius 1 is 1.47 bits per heavy atom. The Morgan fingerprint density at radius 2 is 2.29 bits per heavy atom. The summed E-state index contributed by atoms with van der Waals surface area (Å²) in [5.41, 5.74) is 8.35. The molecule has 17 heavy (non-hydrogen) atoms. The van der Waals surface area contributed by atoms with Gasteiger partial charge in [0.05, 0.1) is 11.7 Å². The highest BCUT2D eigenvalue weighted by Gasteiger charge is 2.23. The average Bonchev–Trinajstić information content (AvgIpc) is 2.58. The number of hydrogen-bond acceptors (Lipinski definition) is 2. The first kappa shape index (κ1) is 10.8. The van der Waals surface area contributed by atoms with Crippen LogP contribution in [0.15, 0.2) is 24.5 Å². The van der Waals surface area contributed by atoms with Gasteiger partial charge in [0.2, 0.25) is 0 Å². The molecule has 3 rings (SSSR count). The number of hydrogen-bond donors (Lipinski definition) is 1. The van der Waals surface area contributed by atoms with Crippen LogP contribution in [-0.4, -0.2) is 15.4 Å². The summed E-state index contributed by atoms with van der Waals surface area (Å²) in [6.07, 6.45) is 9.03. The topological polar surface area (TPSA) is 43.3 Å². The van der Waals surface area contributed by atoms with Crippen LogP contribution in [0.3, 0.4) is 0 Å². The van der Waals surface area contributed by atoms with Gasteiger partial charge in [0.25, 0.3) is 0 Å². The molecular weight excluding hydrogens is 210 g/mol. The molecule has 2 aromatic rings. The number of aromatic nitrogens is 2. The Bertz CT molecular complexity index is 523. The van der Waals surface area contributed by atoms with Crippen molar-refractivity contribution in [2.75, 3.05) is 0 Å². The molecule has 2 aromatic heterocycles. The van der Waals surface area contributed by atoms with Crippen molar-refractivity contribution in [3.8, 4) is 0 Å². The molecule has 0 saturated heterocycles. The second-order valence-electron chi connectivity index (χ2n) is 5.26. The second kappa shape index (κ2) is 4.15. The Kier molecular flexibility index (Phi) is 2.63. The number of nitrogens with zero attached hydrogens (tertiary/aromatic N) is 2. The van der Waals surface area contributed by atoms with Gasteiger partial charge in [-0.1, -0.05) is 12.5 Å². The highest BCUT2D eigenvalue weighted by atomic mass is 15.0. The van der Waals surface area contributed by atoms with Gasteiger partial charge in [-0.05, 0) is 37.8 Å². The van der Waals surface area contributed by atoms with E-state index in [2.05, 4.69) is 27.7 Å². The highest BCUT2D eigenvalue weighted by molar-refractivity contribution is 5.47. The lowest BCUT2D eigenvalue weighted by atomic mass is 9.85. The first-order valence-corrected chi connectivity index (χ1v) is 6.45. The molecule has 3 nitrogen and oxygen atoms in total. The van der Waals surface area contributed by atoms with E-state index in [1.54, 1.807) is 0 Å². The van der Waals surface area contributed by atoms with Crippen molar-refractivity contribution >= 4 is 5.52 Å². The number of pyridine rings is 1. The predicted molar refractivity (Wildman–Crippen MR) is 69.1 cm³/mol. The zero-order valence-electron chi connectivity index (χ0n) is 10.3. The van der Waals surface area contributed by atoms with Crippen LogP contribution in [0.1, 0.15) is 43.5 Å². The van der Waals surface area contributed by atoms with Gasteiger partial charge in [0.1, 0.15) is 5.82 Å². The summed E-state index contributed by atoms with van der Waals surface area (Å²) < 4.78 is 2.25. The molecule has 0 spiro atoms. The molecule has 90 valence electrons. The average molecular weight is 229 g/mol. The third-order valence-corrected chi connectivity index (χ3v) is 3.65. The van der Waals surface area contributed by atoms with Gasteiger partial charge in [-0.15, -0.1) is 0 Å². The van der Waals surface area contributed by atoms with Crippen LogP contribution in [0.25, 0.3) is 5.52 Å². The van der Waals surface area contributed by atoms with Crippen molar-refractivity contribution in [2.45, 2.75) is 44.6 Å². The van der Waals surface area contributed by atoms with Gasteiger partial charge in [0, 0.05) is 18.2 Å². The van der Waals surface area contributed by atoms with Crippen molar-refractivity contribution in [2.24, 2.45) is 5.73 Å². The summed E-state index contributed by atoms with van der Waals surface area (Å²) in [7, 11) is 0. The molecule has 3 heteroatoms. The maximum Gasteiger partial charge on any atom is 0.116 e. The van der Waals surface area contributed by atoms with Crippen molar-refractivity contribution in [1.29, 1.82) is 0 Å². The third kappa shape index (κ3) is 1.95. The van der Waals surface area contributed by atoms with Crippen LogP contribution >= 0.6 is 0 Å². The van der Waals surface area contributed by atoms with E-state index in [0.717, 1.165) is 6.42 Å². The van der Waals surface area contributed by atoms with Gasteiger partial charge in [-0.3, -0.25) is 0 Å². The Hall–Kier alpha value is -1.35. The number of fused-ring (bicyclic) bond motifs is 1. The fourth-order valence-corrected chi connectivity index (χ4v) is 2.52. The fraction of sp³-hybridized carbons (Fsp3) is 0.500. The van der Waals surface area contributed by atoms with Crippen molar-refractivity contribution in [3.63, 3.8) is 0 Å². The summed E-state index contributed by atoms with van der Waals surface area (Å²) in [5.74, 6) is 1.90. The SMILES string of the molecule is CC(N)Cc1ccc2cnc(C3CCC3)n2c1. The molecule has 0 aliphatic heterocycles. The summed E-state index contributed by atoms with van der Waals surface area (Å²) in [5, 5.41) is 0. The van der Waals surface area contributed by atoms with Crippen LogP contribution < -0.4 is 5.73 Å². The van der Waals surface area contributed by atoms with Crippen LogP contribution in [0.5, 0.6) is 0 Å². The maximum absolute atomic E-state index is 5.85. The molecule has 2 N–H and O–H groups in total. The van der Waals surface area contributed by atoms with Gasteiger partial charge < -0.3 is 10.1 Å². The summed E-state index contributed by atoms with van der Waals surface area (Å²) in [6, 6.07) is 4.51. The lowest BCUT2D eigenvalue weighted by molar-refractivity contribution is 0.400. The molecule has 1 unspecified atom stereocenters. The predicted octanol–water partition coefficient (Wildman–Crippen LogP) is 2.49. The zero-order chi connectivity index (χ0) is 11.8. The van der Waals surface area contributed by atoms with Crippen LogP contribution in [-0.2, 0) is 6.42 Å². The largest absolute Gasteiger partial charge is 0.328 e. The van der Waals surface area contributed by atoms with E-state index < -0.39 is 0 Å². The third-order valence-electron chi connectivity index (χ3n) is 3.65. The molecule has 2 heterocycles. The first-order valence-electron chi connectivity index (χ1n) is 6.45. The van der Waals surface area contributed by atoms with Gasteiger partial charge in [-0.25, -0.2) is 4.98 Å². The molecule has 0 aromatic carbocycles. The van der Waals surface area contributed by atoms with E-state index in [0.29, 0.717) is 5.92 Å². The molecule has 1 aliphatic carbocycles. The van der Waals surface area contributed by atoms with Crippen molar-refractivity contribution in [1.82, 2.24) is 9.38 Å². The zero-order valence-corrected chi connectivity index (χ0v) is 10.3. The molecule has 1 aliphatic rings. The van der Waals surface area contributed by atoms with E-state index in [9.17, 15) is 0 Å². The van der Waals surface area contributed by atoms with Crippen LogP contribution in [0, 0.1) is 0 Å². The summed E-state index contributed by atoms with van der Waals surface area (Å²) in [6.45, 7) is 2.05. The Balaban J connectivity index is 2.00. The monoisotopic (exact) mass is 229 g/mol. The second-order valence-corrected chi connectivity index (χ2v) is 5.26. The molecule has 0 amide bonds. The lowest BCUT2D eigenvalue weighted by Gasteiger charge is -2.24. The standard InChI is InChI=1S/C14H19N3/c1-10(15)7-11-5-6-13-8-16-14(17(13)9-11)12-3-2-4-12/h5-6,8-10,12H,2-4,7,15H2,1H3. The van der Waals surface area contributed by atoms with E-state index in [1.807, 2.05) is 13.1 Å². The molecule has 1 atom stereocenters. The van der Waals surface area contributed by atoms with E-state index in [1.165, 1.54) is 36.2 Å². The van der Waals surface area contributed by atoms with Gasteiger partial charge >= 0.3 is 0 Å². The smallest absolute Gasteiger partial charge is 0.116 e. The minimum atomic E-state index is 0.211. The van der Waals surface area contributed by atoms with Crippen LogP contribution in [0.2, 0.25) is 0 Å². The molecule has 0 bridgehead atoms. The van der Waals surface area contributed by atoms with E-state index >= 15 is 0 Å². The van der Waals surface area contributed by atoms with Crippen LogP contribution in [0.4, 0.5) is 0 Å². The van der Waals surface area contributed by atoms with E-state index in [-0.39, 0.29) is 6.04 Å². The lowest BCUT2D eigenvalue weighted by Crippen LogP contribution is -2.18. The molecule has 1 fully saturated rings. The van der Waals surface area contributed by atoms with Gasteiger partial charge in [-0.2, -0.15) is 0 Å². The number of imidazole rings is 1. The van der Waals surface area contributed by atoms with Gasteiger partial charge in [0.15, 0.2) is 0 Å². The van der Waals surface area contributed by atoms with Crippen molar-refractivity contribution in [3.05, 3.63) is 35.9 Å². The molecule has 1 saturated carbocycles. The Labute approximate surface area is 102 Å². The Morgan fingerprint density at radius 3 is 2.94 bits per heavy atom. The number of rotatable bonds is 3.